The highest BCUT2D eigenvalue weighted by atomic mass is 16.6. The zero-order valence-corrected chi connectivity index (χ0v) is 53.7. The molecule has 0 amide bonds. The van der Waals surface area contributed by atoms with Gasteiger partial charge in [0.25, 0.3) is 0 Å². The molecule has 1 atom stereocenters. The normalized spacial score (nSPS) is 13.1. The van der Waals surface area contributed by atoms with Crippen molar-refractivity contribution >= 4 is 17.9 Å². The van der Waals surface area contributed by atoms with Crippen LogP contribution in [-0.2, 0) is 28.6 Å². The fourth-order valence-electron chi connectivity index (χ4n) is 8.91. The van der Waals surface area contributed by atoms with E-state index in [9.17, 15) is 14.4 Å². The fourth-order valence-corrected chi connectivity index (χ4v) is 8.91. The lowest BCUT2D eigenvalue weighted by molar-refractivity contribution is -0.167. The first-order chi connectivity index (χ1) is 41.0. The second kappa shape index (κ2) is 69.5. The minimum Gasteiger partial charge on any atom is -0.462 e. The van der Waals surface area contributed by atoms with Crippen molar-refractivity contribution in [3.05, 3.63) is 158 Å². The highest BCUT2D eigenvalue weighted by Gasteiger charge is 2.19. The molecule has 0 aromatic rings. The van der Waals surface area contributed by atoms with Crippen LogP contribution in [0, 0.1) is 0 Å². The van der Waals surface area contributed by atoms with Gasteiger partial charge in [-0.1, -0.05) is 275 Å². The van der Waals surface area contributed by atoms with Crippen LogP contribution in [0.5, 0.6) is 0 Å². The first kappa shape index (κ1) is 78.0. The third kappa shape index (κ3) is 67.7. The van der Waals surface area contributed by atoms with Gasteiger partial charge in [-0.25, -0.2) is 0 Å². The molecule has 0 aromatic heterocycles. The van der Waals surface area contributed by atoms with Gasteiger partial charge in [-0.15, -0.1) is 0 Å². The van der Waals surface area contributed by atoms with Crippen LogP contribution in [0.3, 0.4) is 0 Å². The van der Waals surface area contributed by atoms with E-state index in [-0.39, 0.29) is 31.1 Å². The summed E-state index contributed by atoms with van der Waals surface area (Å²) in [5.74, 6) is -0.948. The second-order valence-corrected chi connectivity index (χ2v) is 22.0. The molecule has 0 aliphatic heterocycles. The monoisotopic (exact) mass is 1140 g/mol. The molecular weight excluding hydrogens is 1020 g/mol. The van der Waals surface area contributed by atoms with Crippen LogP contribution < -0.4 is 0 Å². The number of esters is 3. The molecule has 1 unspecified atom stereocenters. The topological polar surface area (TPSA) is 78.9 Å². The molecule has 83 heavy (non-hydrogen) atoms. The van der Waals surface area contributed by atoms with Gasteiger partial charge in [0.1, 0.15) is 13.2 Å². The first-order valence-electron chi connectivity index (χ1n) is 34.0. The van der Waals surface area contributed by atoms with Crippen LogP contribution in [0.4, 0.5) is 0 Å². The fraction of sp³-hybridized carbons (Fsp3) is 0.623. The van der Waals surface area contributed by atoms with Gasteiger partial charge in [-0.3, -0.25) is 14.4 Å². The predicted molar refractivity (Wildman–Crippen MR) is 362 cm³/mol. The van der Waals surface area contributed by atoms with Crippen molar-refractivity contribution in [2.75, 3.05) is 13.2 Å². The lowest BCUT2D eigenvalue weighted by atomic mass is 10.1. The molecular formula is C77H124O6. The number of carbonyl (C=O) groups excluding carboxylic acids is 3. The number of carbonyl (C=O) groups is 3. The van der Waals surface area contributed by atoms with Crippen molar-refractivity contribution in [3.63, 3.8) is 0 Å². The summed E-state index contributed by atoms with van der Waals surface area (Å²) in [5, 5.41) is 0. The van der Waals surface area contributed by atoms with E-state index in [1.54, 1.807) is 0 Å². The zero-order valence-electron chi connectivity index (χ0n) is 53.7. The summed E-state index contributed by atoms with van der Waals surface area (Å²) < 4.78 is 16.9. The molecule has 0 aromatic carbocycles. The van der Waals surface area contributed by atoms with Crippen molar-refractivity contribution in [3.8, 4) is 0 Å². The van der Waals surface area contributed by atoms with Crippen LogP contribution in [0.1, 0.15) is 290 Å². The summed E-state index contributed by atoms with van der Waals surface area (Å²) in [6.45, 7) is 6.46. The Balaban J connectivity index is 4.36. The first-order valence-corrected chi connectivity index (χ1v) is 34.0. The molecule has 0 bridgehead atoms. The van der Waals surface area contributed by atoms with Crippen molar-refractivity contribution in [2.45, 2.75) is 297 Å². The molecule has 0 heterocycles. The number of allylic oxidation sites excluding steroid dienone is 26. The number of unbranched alkanes of at least 4 members (excludes halogenated alkanes) is 23. The van der Waals surface area contributed by atoms with Crippen LogP contribution in [0.15, 0.2) is 158 Å². The van der Waals surface area contributed by atoms with Crippen molar-refractivity contribution < 1.29 is 28.6 Å². The lowest BCUT2D eigenvalue weighted by Gasteiger charge is -2.18. The summed E-state index contributed by atoms with van der Waals surface area (Å²) in [5.41, 5.74) is 0. The van der Waals surface area contributed by atoms with Gasteiger partial charge < -0.3 is 14.2 Å². The number of ether oxygens (including phenoxy) is 3. The maximum absolute atomic E-state index is 12.9. The molecule has 0 fully saturated rings. The molecule has 0 N–H and O–H groups in total. The third-order valence-electron chi connectivity index (χ3n) is 14.0. The van der Waals surface area contributed by atoms with E-state index in [1.807, 2.05) is 0 Å². The molecule has 0 radical (unpaired) electrons. The summed E-state index contributed by atoms with van der Waals surface area (Å²) in [7, 11) is 0. The van der Waals surface area contributed by atoms with E-state index in [0.717, 1.165) is 173 Å². The smallest absolute Gasteiger partial charge is 0.306 e. The summed E-state index contributed by atoms with van der Waals surface area (Å²) in [4.78, 5) is 38.3. The Morgan fingerprint density at radius 1 is 0.253 bits per heavy atom. The number of hydrogen-bond acceptors (Lipinski definition) is 6. The molecule has 0 saturated carbocycles. The maximum Gasteiger partial charge on any atom is 0.306 e. The molecule has 6 nitrogen and oxygen atoms in total. The molecule has 0 aliphatic rings. The Hall–Kier alpha value is -4.97. The Labute approximate surface area is 511 Å². The number of rotatable bonds is 60. The second-order valence-electron chi connectivity index (χ2n) is 22.0. The highest BCUT2D eigenvalue weighted by Crippen LogP contribution is 2.14. The van der Waals surface area contributed by atoms with E-state index in [1.165, 1.54) is 77.0 Å². The third-order valence-corrected chi connectivity index (χ3v) is 14.0. The Morgan fingerprint density at radius 3 is 0.771 bits per heavy atom. The van der Waals surface area contributed by atoms with Gasteiger partial charge in [0.2, 0.25) is 0 Å². The highest BCUT2D eigenvalue weighted by molar-refractivity contribution is 5.71. The van der Waals surface area contributed by atoms with Crippen LogP contribution in [0.25, 0.3) is 0 Å². The van der Waals surface area contributed by atoms with Crippen molar-refractivity contribution in [1.82, 2.24) is 0 Å². The van der Waals surface area contributed by atoms with Gasteiger partial charge in [0.15, 0.2) is 6.10 Å². The Kier molecular flexibility index (Phi) is 65.4. The minimum absolute atomic E-state index is 0.101. The quantitative estimate of drug-likeness (QED) is 0.0261. The molecule has 0 saturated heterocycles. The van der Waals surface area contributed by atoms with E-state index < -0.39 is 6.10 Å². The Bertz CT molecular complexity index is 1840. The zero-order chi connectivity index (χ0) is 59.9. The average Bonchev–Trinajstić information content (AvgIpc) is 3.49. The van der Waals surface area contributed by atoms with E-state index in [4.69, 9.17) is 14.2 Å². The average molecular weight is 1150 g/mol. The molecule has 468 valence electrons. The molecule has 0 spiro atoms. The Morgan fingerprint density at radius 2 is 0.470 bits per heavy atom. The van der Waals surface area contributed by atoms with Crippen LogP contribution in [-0.4, -0.2) is 37.2 Å². The van der Waals surface area contributed by atoms with Gasteiger partial charge in [-0.2, -0.15) is 0 Å². The standard InChI is InChI=1S/C77H124O6/c1-4-7-10-13-16-19-22-25-28-29-30-31-32-33-34-35-36-37-38-39-40-41-42-43-44-45-46-47-50-52-55-58-61-64-67-70-76(79)82-73-74(83-77(80)71-68-65-62-59-56-53-49-27-24-21-18-15-12-9-6-3)72-81-75(78)69-66-63-60-57-54-51-48-26-23-20-17-14-11-8-5-2/h7,10,16,18-19,21,25-28,30-31,33-34,36-37,39-40,42-43,45-46,48-50,52,74H,4-6,8-9,11-15,17,20,22-24,29,32,35,38,41,44,47,51,53-73H2,1-3H3/b10-7-,19-16-,21-18-,28-25-,31-30-,34-33-,37-36-,40-39-,43-42-,46-45-,48-26-,49-27-,52-50-. The molecule has 0 rings (SSSR count). The van der Waals surface area contributed by atoms with Gasteiger partial charge in [0, 0.05) is 19.3 Å². The largest absolute Gasteiger partial charge is 0.462 e. The predicted octanol–water partition coefficient (Wildman–Crippen LogP) is 23.7. The lowest BCUT2D eigenvalue weighted by Crippen LogP contribution is -2.30. The van der Waals surface area contributed by atoms with E-state index >= 15 is 0 Å². The van der Waals surface area contributed by atoms with Gasteiger partial charge in [-0.05, 0) is 154 Å². The molecule has 0 aliphatic carbocycles. The van der Waals surface area contributed by atoms with Gasteiger partial charge in [0.05, 0.1) is 0 Å². The van der Waals surface area contributed by atoms with Crippen molar-refractivity contribution in [2.24, 2.45) is 0 Å². The summed E-state index contributed by atoms with van der Waals surface area (Å²) >= 11 is 0. The van der Waals surface area contributed by atoms with E-state index in [2.05, 4.69) is 179 Å². The maximum atomic E-state index is 12.9. The number of hydrogen-bond donors (Lipinski definition) is 0. The molecule has 6 heteroatoms. The van der Waals surface area contributed by atoms with Crippen LogP contribution >= 0.6 is 0 Å². The summed E-state index contributed by atoms with van der Waals surface area (Å²) in [6, 6.07) is 0. The van der Waals surface area contributed by atoms with E-state index in [0.29, 0.717) is 19.3 Å². The SMILES string of the molecule is CC/C=C\C/C=C\C/C=C\C/C=C\C/C=C\C/C=C\C/C=C\C/C=C\C/C=C\C/C=C\CCCCCCC(=O)OCC(COC(=O)CCCCCCC/C=C\CCCCCCCC)OC(=O)CCCCCCC/C=C\C/C=C\CCCCC. The van der Waals surface area contributed by atoms with Crippen molar-refractivity contribution in [1.29, 1.82) is 0 Å². The van der Waals surface area contributed by atoms with Gasteiger partial charge >= 0.3 is 17.9 Å². The minimum atomic E-state index is -0.807. The summed E-state index contributed by atoms with van der Waals surface area (Å²) in [6.07, 6.45) is 101. The van der Waals surface area contributed by atoms with Crippen LogP contribution in [0.2, 0.25) is 0 Å².